The molecule has 0 spiro atoms. The zero-order valence-corrected chi connectivity index (χ0v) is 20.8. The lowest BCUT2D eigenvalue weighted by Crippen LogP contribution is -2.30. The number of carbonyl (C=O) groups is 2. The minimum absolute atomic E-state index is 0.00757. The summed E-state index contributed by atoms with van der Waals surface area (Å²) in [5.74, 6) is 0.0589. The van der Waals surface area contributed by atoms with Gasteiger partial charge in [0.1, 0.15) is 35.1 Å². The van der Waals surface area contributed by atoms with Crippen molar-refractivity contribution in [1.29, 1.82) is 15.8 Å². The van der Waals surface area contributed by atoms with Crippen LogP contribution in [0.1, 0.15) is 38.7 Å². The predicted octanol–water partition coefficient (Wildman–Crippen LogP) is 3.61. The lowest BCUT2D eigenvalue weighted by molar-refractivity contribution is -0.136. The average molecular weight is 486 g/mol. The van der Waals surface area contributed by atoms with E-state index in [1.807, 2.05) is 37.2 Å². The quantitative estimate of drug-likeness (QED) is 0.294. The molecular formula is C27H27N5O4. The van der Waals surface area contributed by atoms with Crippen molar-refractivity contribution in [2.24, 2.45) is 0 Å². The number of rotatable bonds is 9. The largest absolute Gasteiger partial charge is 0.491 e. The minimum Gasteiger partial charge on any atom is -0.491 e. The Bertz CT molecular complexity index is 1260. The molecule has 36 heavy (non-hydrogen) atoms. The van der Waals surface area contributed by atoms with Crippen molar-refractivity contribution in [3.05, 3.63) is 52.8 Å². The molecule has 0 aromatic heterocycles. The van der Waals surface area contributed by atoms with Crippen molar-refractivity contribution in [3.8, 4) is 24.0 Å². The second kappa shape index (κ2) is 10.8. The van der Waals surface area contributed by atoms with Crippen LogP contribution in [0.25, 0.3) is 5.57 Å². The number of benzene rings is 1. The highest BCUT2D eigenvalue weighted by atomic mass is 16.5. The summed E-state index contributed by atoms with van der Waals surface area (Å²) >= 11 is 0. The molecule has 0 aliphatic carbocycles. The van der Waals surface area contributed by atoms with E-state index in [2.05, 4.69) is 6.07 Å². The summed E-state index contributed by atoms with van der Waals surface area (Å²) in [7, 11) is 3.80. The van der Waals surface area contributed by atoms with Gasteiger partial charge >= 0.3 is 0 Å². The Morgan fingerprint density at radius 3 is 2.31 bits per heavy atom. The topological polar surface area (TPSA) is 130 Å². The van der Waals surface area contributed by atoms with Crippen molar-refractivity contribution < 1.29 is 19.1 Å². The Balaban J connectivity index is 1.78. The molecule has 9 heteroatoms. The van der Waals surface area contributed by atoms with Gasteiger partial charge in [-0.1, -0.05) is 6.07 Å². The number of nitrogens with zero attached hydrogens (tertiary/aromatic N) is 5. The van der Waals surface area contributed by atoms with Gasteiger partial charge in [0, 0.05) is 38.4 Å². The van der Waals surface area contributed by atoms with Crippen LogP contribution in [0.2, 0.25) is 0 Å². The van der Waals surface area contributed by atoms with Crippen LogP contribution in [0.15, 0.2) is 47.3 Å². The van der Waals surface area contributed by atoms with E-state index >= 15 is 0 Å². The van der Waals surface area contributed by atoms with Gasteiger partial charge in [0.2, 0.25) is 0 Å². The number of anilines is 1. The average Bonchev–Trinajstić information content (AvgIpc) is 3.30. The Kier molecular flexibility index (Phi) is 7.82. The third-order valence-corrected chi connectivity index (χ3v) is 5.91. The van der Waals surface area contributed by atoms with Crippen LogP contribution in [0.5, 0.6) is 5.75 Å². The SMILES string of the molecule is CN(C)c1ccc(C2=C(C#N)C(=C(C#N)C#N)OC2(C)C)cc1OCCCCCN1C(=O)C=CC1=O. The molecule has 0 saturated heterocycles. The van der Waals surface area contributed by atoms with Crippen LogP contribution in [0.3, 0.4) is 0 Å². The maximum absolute atomic E-state index is 11.6. The highest BCUT2D eigenvalue weighted by molar-refractivity contribution is 6.12. The molecule has 2 amide bonds. The number of nitriles is 3. The summed E-state index contributed by atoms with van der Waals surface area (Å²) in [5, 5.41) is 28.5. The van der Waals surface area contributed by atoms with E-state index in [1.165, 1.54) is 17.1 Å². The van der Waals surface area contributed by atoms with Gasteiger partial charge in [0.15, 0.2) is 11.3 Å². The molecule has 1 aromatic carbocycles. The molecule has 0 atom stereocenters. The fourth-order valence-electron chi connectivity index (χ4n) is 4.21. The monoisotopic (exact) mass is 485 g/mol. The van der Waals surface area contributed by atoms with Crippen LogP contribution < -0.4 is 9.64 Å². The molecule has 0 bridgehead atoms. The van der Waals surface area contributed by atoms with E-state index < -0.39 is 5.60 Å². The van der Waals surface area contributed by atoms with Gasteiger partial charge in [-0.2, -0.15) is 15.8 Å². The summed E-state index contributed by atoms with van der Waals surface area (Å²) in [6, 6.07) is 11.3. The van der Waals surface area contributed by atoms with Crippen LogP contribution in [0, 0.1) is 34.0 Å². The second-order valence-corrected chi connectivity index (χ2v) is 9.05. The van der Waals surface area contributed by atoms with Crippen LogP contribution in [-0.2, 0) is 14.3 Å². The zero-order valence-electron chi connectivity index (χ0n) is 20.8. The Labute approximate surface area is 210 Å². The number of amides is 2. The molecule has 0 fully saturated rings. The first-order valence-corrected chi connectivity index (χ1v) is 11.5. The Morgan fingerprint density at radius 1 is 1.06 bits per heavy atom. The molecule has 184 valence electrons. The summed E-state index contributed by atoms with van der Waals surface area (Å²) in [6.45, 7) is 4.37. The number of ether oxygens (including phenoxy) is 2. The standard InChI is InChI=1S/C27H27N5O4/c1-27(2)25(20(17-30)26(36-27)19(15-28)16-29)18-8-9-21(31(3)4)22(14-18)35-13-7-5-6-12-32-23(33)10-11-24(32)34/h8-11,14H,5-7,12-13H2,1-4H3. The van der Waals surface area contributed by atoms with Gasteiger partial charge in [0.25, 0.3) is 11.8 Å². The number of unbranched alkanes of at least 4 members (excludes halogenated alkanes) is 2. The van der Waals surface area contributed by atoms with Crippen molar-refractivity contribution >= 4 is 23.1 Å². The fraction of sp³-hybridized carbons (Fsp3) is 0.370. The highest BCUT2D eigenvalue weighted by Gasteiger charge is 2.41. The number of imide groups is 1. The first kappa shape index (κ1) is 26.1. The molecule has 9 nitrogen and oxygen atoms in total. The van der Waals surface area contributed by atoms with Gasteiger partial charge in [-0.3, -0.25) is 14.5 Å². The third kappa shape index (κ3) is 5.24. The lowest BCUT2D eigenvalue weighted by atomic mass is 9.88. The summed E-state index contributed by atoms with van der Waals surface area (Å²) < 4.78 is 12.0. The number of hydrogen-bond acceptors (Lipinski definition) is 8. The molecule has 1 aromatic rings. The molecule has 0 unspecified atom stereocenters. The first-order valence-electron chi connectivity index (χ1n) is 11.5. The molecule has 0 N–H and O–H groups in total. The summed E-state index contributed by atoms with van der Waals surface area (Å²) in [6.07, 6.45) is 4.75. The van der Waals surface area contributed by atoms with Gasteiger partial charge in [-0.15, -0.1) is 0 Å². The maximum atomic E-state index is 11.6. The molecule has 3 rings (SSSR count). The summed E-state index contributed by atoms with van der Waals surface area (Å²) in [4.78, 5) is 26.4. The van der Waals surface area contributed by atoms with Crippen LogP contribution in [0.4, 0.5) is 5.69 Å². The van der Waals surface area contributed by atoms with Gasteiger partial charge in [0.05, 0.1) is 12.3 Å². The second-order valence-electron chi connectivity index (χ2n) is 9.05. The van der Waals surface area contributed by atoms with Gasteiger partial charge < -0.3 is 14.4 Å². The van der Waals surface area contributed by atoms with Crippen LogP contribution in [-0.4, -0.2) is 49.6 Å². The third-order valence-electron chi connectivity index (χ3n) is 5.91. The highest BCUT2D eigenvalue weighted by Crippen LogP contribution is 2.46. The molecular weight excluding hydrogens is 458 g/mol. The number of carbonyl (C=O) groups excluding carboxylic acids is 2. The molecule has 0 radical (unpaired) electrons. The van der Waals surface area contributed by atoms with E-state index in [1.54, 1.807) is 26.0 Å². The van der Waals surface area contributed by atoms with Crippen molar-refractivity contribution in [3.63, 3.8) is 0 Å². The first-order chi connectivity index (χ1) is 17.1. The maximum Gasteiger partial charge on any atom is 0.253 e. The van der Waals surface area contributed by atoms with Gasteiger partial charge in [-0.05, 0) is 50.8 Å². The van der Waals surface area contributed by atoms with E-state index in [9.17, 15) is 25.4 Å². The van der Waals surface area contributed by atoms with E-state index in [0.29, 0.717) is 36.5 Å². The smallest absolute Gasteiger partial charge is 0.253 e. The Morgan fingerprint density at radius 2 is 1.72 bits per heavy atom. The molecule has 2 heterocycles. The van der Waals surface area contributed by atoms with E-state index in [-0.39, 0.29) is 28.7 Å². The predicted molar refractivity (Wildman–Crippen MR) is 132 cm³/mol. The van der Waals surface area contributed by atoms with E-state index in [0.717, 1.165) is 18.5 Å². The lowest BCUT2D eigenvalue weighted by Gasteiger charge is -2.24. The molecule has 0 saturated carbocycles. The number of allylic oxidation sites excluding steroid dienone is 2. The normalized spacial score (nSPS) is 15.9. The number of hydrogen-bond donors (Lipinski definition) is 0. The molecule has 2 aliphatic rings. The van der Waals surface area contributed by atoms with Crippen molar-refractivity contribution in [1.82, 2.24) is 4.90 Å². The van der Waals surface area contributed by atoms with E-state index in [4.69, 9.17) is 9.47 Å². The van der Waals surface area contributed by atoms with Crippen molar-refractivity contribution in [2.75, 3.05) is 32.1 Å². The van der Waals surface area contributed by atoms with Gasteiger partial charge in [-0.25, -0.2) is 0 Å². The Hall–Kier alpha value is -4.55. The molecule has 2 aliphatic heterocycles. The zero-order chi connectivity index (χ0) is 26.5. The van der Waals surface area contributed by atoms with Crippen LogP contribution >= 0.6 is 0 Å². The van der Waals surface area contributed by atoms with Crippen molar-refractivity contribution in [2.45, 2.75) is 38.7 Å². The fourth-order valence-corrected chi connectivity index (χ4v) is 4.21. The summed E-state index contributed by atoms with van der Waals surface area (Å²) in [5.41, 5.74) is 1.09. The minimum atomic E-state index is -0.935.